The van der Waals surface area contributed by atoms with Crippen molar-refractivity contribution in [2.24, 2.45) is 22.7 Å². The summed E-state index contributed by atoms with van der Waals surface area (Å²) in [6.07, 6.45) is 4.77. The Morgan fingerprint density at radius 2 is 1.71 bits per heavy atom. The number of hydrogen-bond donors (Lipinski definition) is 1. The van der Waals surface area contributed by atoms with Crippen LogP contribution in [-0.4, -0.2) is 11.2 Å². The van der Waals surface area contributed by atoms with Gasteiger partial charge < -0.3 is 5.11 Å². The summed E-state index contributed by atoms with van der Waals surface area (Å²) < 4.78 is 0. The molecule has 0 saturated heterocycles. The molecule has 2 unspecified atom stereocenters. The maximum atomic E-state index is 10.2. The minimum atomic E-state index is -0.0574. The quantitative estimate of drug-likeness (QED) is 0.630. The molecule has 0 aromatic rings. The molecule has 82 valence electrons. The minimum Gasteiger partial charge on any atom is -0.393 e. The van der Waals surface area contributed by atoms with Crippen molar-refractivity contribution in [2.45, 2.75) is 59.5 Å². The lowest BCUT2D eigenvalue weighted by atomic mass is 9.55. The van der Waals surface area contributed by atoms with Crippen LogP contribution >= 0.6 is 0 Å². The third-order valence-corrected chi connectivity index (χ3v) is 5.42. The Labute approximate surface area is 87.9 Å². The zero-order valence-electron chi connectivity index (χ0n) is 10.0. The Balaban J connectivity index is 2.35. The first-order chi connectivity index (χ1) is 6.39. The van der Waals surface area contributed by atoms with Gasteiger partial charge in [-0.15, -0.1) is 0 Å². The van der Waals surface area contributed by atoms with Gasteiger partial charge in [0.25, 0.3) is 0 Å². The topological polar surface area (TPSA) is 20.2 Å². The second-order valence-corrected chi connectivity index (χ2v) is 6.44. The first-order valence-electron chi connectivity index (χ1n) is 6.07. The summed E-state index contributed by atoms with van der Waals surface area (Å²) in [5, 5.41) is 10.2. The lowest BCUT2D eigenvalue weighted by Gasteiger charge is -2.52. The van der Waals surface area contributed by atoms with E-state index >= 15 is 0 Å². The SMILES string of the molecule is CC1CC[C@H]2C(C)(C)CC[C@@H](O)C12C. The van der Waals surface area contributed by atoms with E-state index in [1.54, 1.807) is 0 Å². The second kappa shape index (κ2) is 2.98. The van der Waals surface area contributed by atoms with Crippen LogP contribution in [0.15, 0.2) is 0 Å². The highest BCUT2D eigenvalue weighted by Gasteiger charge is 2.56. The average molecular weight is 196 g/mol. The number of fused-ring (bicyclic) bond motifs is 1. The van der Waals surface area contributed by atoms with E-state index < -0.39 is 0 Å². The normalized spacial score (nSPS) is 51.6. The highest BCUT2D eigenvalue weighted by atomic mass is 16.3. The van der Waals surface area contributed by atoms with Crippen LogP contribution in [0.25, 0.3) is 0 Å². The zero-order valence-corrected chi connectivity index (χ0v) is 10.0. The third-order valence-electron chi connectivity index (χ3n) is 5.42. The monoisotopic (exact) mass is 196 g/mol. The standard InChI is InChI=1S/C13H24O/c1-9-5-6-10-12(2,3)8-7-11(14)13(9,10)4/h9-11,14H,5-8H2,1-4H3/t9?,10-,11+,13?/m0/s1. The molecular weight excluding hydrogens is 172 g/mol. The first kappa shape index (κ1) is 10.5. The summed E-state index contributed by atoms with van der Waals surface area (Å²) in [7, 11) is 0. The van der Waals surface area contributed by atoms with Crippen molar-refractivity contribution < 1.29 is 5.11 Å². The maximum absolute atomic E-state index is 10.2. The lowest BCUT2D eigenvalue weighted by Crippen LogP contribution is -2.49. The molecule has 0 spiro atoms. The molecule has 1 nitrogen and oxygen atoms in total. The molecule has 1 heteroatoms. The van der Waals surface area contributed by atoms with Crippen LogP contribution in [0, 0.1) is 22.7 Å². The average Bonchev–Trinajstić information content (AvgIpc) is 2.40. The van der Waals surface area contributed by atoms with Crippen LogP contribution in [0.3, 0.4) is 0 Å². The van der Waals surface area contributed by atoms with Crippen molar-refractivity contribution in [2.75, 3.05) is 0 Å². The van der Waals surface area contributed by atoms with Crippen molar-refractivity contribution in [3.05, 3.63) is 0 Å². The van der Waals surface area contributed by atoms with Crippen LogP contribution in [0.5, 0.6) is 0 Å². The van der Waals surface area contributed by atoms with Crippen molar-refractivity contribution in [1.29, 1.82) is 0 Å². The zero-order chi connectivity index (χ0) is 10.6. The molecule has 2 aliphatic carbocycles. The molecule has 2 rings (SSSR count). The first-order valence-corrected chi connectivity index (χ1v) is 6.07. The Hall–Kier alpha value is -0.0400. The van der Waals surface area contributed by atoms with Gasteiger partial charge in [-0.25, -0.2) is 0 Å². The van der Waals surface area contributed by atoms with E-state index in [2.05, 4.69) is 27.7 Å². The van der Waals surface area contributed by atoms with Gasteiger partial charge in [0.05, 0.1) is 6.10 Å². The van der Waals surface area contributed by atoms with Gasteiger partial charge in [-0.2, -0.15) is 0 Å². The van der Waals surface area contributed by atoms with Gasteiger partial charge in [-0.05, 0) is 48.3 Å². The molecule has 0 amide bonds. The van der Waals surface area contributed by atoms with Crippen molar-refractivity contribution in [3.8, 4) is 0 Å². The summed E-state index contributed by atoms with van der Waals surface area (Å²) >= 11 is 0. The van der Waals surface area contributed by atoms with Gasteiger partial charge >= 0.3 is 0 Å². The molecule has 4 atom stereocenters. The van der Waals surface area contributed by atoms with E-state index in [0.717, 1.165) is 12.3 Å². The van der Waals surface area contributed by atoms with Crippen LogP contribution in [0.1, 0.15) is 53.4 Å². The van der Waals surface area contributed by atoms with Crippen LogP contribution in [0.4, 0.5) is 0 Å². The minimum absolute atomic E-state index is 0.0574. The maximum Gasteiger partial charge on any atom is 0.0599 e. The summed E-state index contributed by atoms with van der Waals surface area (Å²) in [4.78, 5) is 0. The van der Waals surface area contributed by atoms with Crippen molar-refractivity contribution in [3.63, 3.8) is 0 Å². The predicted molar refractivity (Wildman–Crippen MR) is 59.0 cm³/mol. The van der Waals surface area contributed by atoms with Crippen LogP contribution in [-0.2, 0) is 0 Å². The van der Waals surface area contributed by atoms with Gasteiger partial charge in [0.2, 0.25) is 0 Å². The van der Waals surface area contributed by atoms with Gasteiger partial charge in [-0.3, -0.25) is 0 Å². The van der Waals surface area contributed by atoms with Gasteiger partial charge in [0, 0.05) is 0 Å². The van der Waals surface area contributed by atoms with Gasteiger partial charge in [0.15, 0.2) is 0 Å². The molecule has 0 aromatic carbocycles. The third kappa shape index (κ3) is 1.18. The van der Waals surface area contributed by atoms with Crippen molar-refractivity contribution >= 4 is 0 Å². The van der Waals surface area contributed by atoms with Gasteiger partial charge in [-0.1, -0.05) is 27.7 Å². The molecule has 0 bridgehead atoms. The molecule has 1 N–H and O–H groups in total. The Morgan fingerprint density at radius 1 is 1.07 bits per heavy atom. The molecule has 2 fully saturated rings. The molecular formula is C13H24O. The molecule has 0 aliphatic heterocycles. The van der Waals surface area contributed by atoms with E-state index in [1.165, 1.54) is 19.3 Å². The molecule has 0 heterocycles. The fraction of sp³-hybridized carbons (Fsp3) is 1.00. The van der Waals surface area contributed by atoms with E-state index in [1.807, 2.05) is 0 Å². The predicted octanol–water partition coefficient (Wildman–Crippen LogP) is 3.22. The Bertz CT molecular complexity index is 233. The van der Waals surface area contributed by atoms with E-state index in [0.29, 0.717) is 11.3 Å². The highest BCUT2D eigenvalue weighted by molar-refractivity contribution is 5.05. The van der Waals surface area contributed by atoms with E-state index in [4.69, 9.17) is 0 Å². The van der Waals surface area contributed by atoms with Crippen LogP contribution in [0.2, 0.25) is 0 Å². The summed E-state index contributed by atoms with van der Waals surface area (Å²) in [6.45, 7) is 9.42. The van der Waals surface area contributed by atoms with Gasteiger partial charge in [0.1, 0.15) is 0 Å². The highest BCUT2D eigenvalue weighted by Crippen LogP contribution is 2.61. The Kier molecular flexibility index (Phi) is 2.23. The fourth-order valence-electron chi connectivity index (χ4n) is 4.17. The Morgan fingerprint density at radius 3 is 2.29 bits per heavy atom. The van der Waals surface area contributed by atoms with Crippen LogP contribution < -0.4 is 0 Å². The largest absolute Gasteiger partial charge is 0.393 e. The molecule has 2 saturated carbocycles. The fourth-order valence-corrected chi connectivity index (χ4v) is 4.17. The number of aliphatic hydroxyl groups is 1. The number of hydrogen-bond acceptors (Lipinski definition) is 1. The summed E-state index contributed by atoms with van der Waals surface area (Å²) in [5.74, 6) is 1.43. The summed E-state index contributed by atoms with van der Waals surface area (Å²) in [6, 6.07) is 0. The molecule has 2 aliphatic rings. The number of aliphatic hydroxyl groups excluding tert-OH is 1. The summed E-state index contributed by atoms with van der Waals surface area (Å²) in [5.41, 5.74) is 0.639. The molecule has 0 aromatic heterocycles. The smallest absolute Gasteiger partial charge is 0.0599 e. The molecule has 0 radical (unpaired) electrons. The second-order valence-electron chi connectivity index (χ2n) is 6.44. The number of rotatable bonds is 0. The van der Waals surface area contributed by atoms with E-state index in [9.17, 15) is 5.11 Å². The lowest BCUT2D eigenvalue weighted by molar-refractivity contribution is -0.0990. The molecule has 14 heavy (non-hydrogen) atoms. The van der Waals surface area contributed by atoms with E-state index in [-0.39, 0.29) is 11.5 Å². The van der Waals surface area contributed by atoms with Crippen molar-refractivity contribution in [1.82, 2.24) is 0 Å².